The minimum absolute atomic E-state index is 0.216. The highest BCUT2D eigenvalue weighted by molar-refractivity contribution is 6.02. The first-order valence-electron chi connectivity index (χ1n) is 5.79. The Morgan fingerprint density at radius 1 is 0.947 bits per heavy atom. The van der Waals surface area contributed by atoms with Crippen molar-refractivity contribution >= 4 is 5.71 Å². The van der Waals surface area contributed by atoms with Gasteiger partial charge in [0.1, 0.15) is 17.2 Å². The predicted octanol–water partition coefficient (Wildman–Crippen LogP) is 4.16. The molecule has 0 radical (unpaired) electrons. The topological polar surface area (TPSA) is 21.6 Å². The number of para-hydroxylation sites is 1. The lowest BCUT2D eigenvalue weighted by Gasteiger charge is -2.08. The van der Waals surface area contributed by atoms with E-state index in [1.165, 1.54) is 7.05 Å². The smallest absolute Gasteiger partial charge is 0.280 e. The van der Waals surface area contributed by atoms with Crippen LogP contribution in [0.4, 0.5) is 8.78 Å². The molecule has 2 nitrogen and oxygen atoms in total. The zero-order chi connectivity index (χ0) is 13.7. The highest BCUT2D eigenvalue weighted by Gasteiger charge is 2.14. The average molecular weight is 261 g/mol. The largest absolute Gasteiger partial charge is 0.457 e. The highest BCUT2D eigenvalue weighted by Crippen LogP contribution is 2.22. The number of hydrogen-bond acceptors (Lipinski definition) is 2. The summed E-state index contributed by atoms with van der Waals surface area (Å²) in [6.45, 7) is 0. The summed E-state index contributed by atoms with van der Waals surface area (Å²) in [6, 6.07) is 15.7. The molecule has 2 rings (SSSR count). The molecule has 4 heteroatoms. The first kappa shape index (κ1) is 13.2. The first-order valence-corrected chi connectivity index (χ1v) is 5.79. The Labute approximate surface area is 110 Å². The van der Waals surface area contributed by atoms with Crippen LogP contribution in [-0.2, 0) is 0 Å². The number of rotatable bonds is 4. The van der Waals surface area contributed by atoms with Gasteiger partial charge in [0.15, 0.2) is 0 Å². The number of alkyl halides is 2. The van der Waals surface area contributed by atoms with E-state index in [-0.39, 0.29) is 5.71 Å². The molecule has 0 heterocycles. The molecule has 0 amide bonds. The second-order valence-electron chi connectivity index (χ2n) is 3.85. The standard InChI is InChI=1S/C15H13F2NO/c1-18-14(15(16)17)11-7-9-13(10-8-11)19-12-5-3-2-4-6-12/h2-10,15H,1H3. The van der Waals surface area contributed by atoms with E-state index in [2.05, 4.69) is 4.99 Å². The molecule has 19 heavy (non-hydrogen) atoms. The molecule has 0 aliphatic carbocycles. The van der Waals surface area contributed by atoms with E-state index >= 15 is 0 Å². The molecular weight excluding hydrogens is 248 g/mol. The van der Waals surface area contributed by atoms with Gasteiger partial charge in [0.05, 0.1) is 0 Å². The Morgan fingerprint density at radius 3 is 2.05 bits per heavy atom. The van der Waals surface area contributed by atoms with Gasteiger partial charge in [0.25, 0.3) is 6.43 Å². The molecule has 0 N–H and O–H groups in total. The number of aliphatic imine (C=N–C) groups is 1. The third-order valence-electron chi connectivity index (χ3n) is 2.58. The Hall–Kier alpha value is -2.23. The van der Waals surface area contributed by atoms with Gasteiger partial charge in [-0.2, -0.15) is 0 Å². The predicted molar refractivity (Wildman–Crippen MR) is 71.4 cm³/mol. The summed E-state index contributed by atoms with van der Waals surface area (Å²) < 4.78 is 30.9. The molecule has 0 aliphatic rings. The Bertz CT molecular complexity index is 550. The summed E-state index contributed by atoms with van der Waals surface area (Å²) >= 11 is 0. The molecule has 0 spiro atoms. The molecule has 0 fully saturated rings. The molecule has 2 aromatic carbocycles. The lowest BCUT2D eigenvalue weighted by molar-refractivity contribution is 0.226. The monoisotopic (exact) mass is 261 g/mol. The maximum atomic E-state index is 12.7. The first-order chi connectivity index (χ1) is 9.20. The highest BCUT2D eigenvalue weighted by atomic mass is 19.3. The normalized spacial score (nSPS) is 11.7. The fraction of sp³-hybridized carbons (Fsp3) is 0.133. The van der Waals surface area contributed by atoms with E-state index < -0.39 is 6.43 Å². The average Bonchev–Trinajstić information content (AvgIpc) is 2.42. The van der Waals surface area contributed by atoms with E-state index in [4.69, 9.17) is 4.74 Å². The molecule has 0 bridgehead atoms. The Kier molecular flexibility index (Phi) is 4.23. The van der Waals surface area contributed by atoms with Crippen molar-refractivity contribution in [2.24, 2.45) is 4.99 Å². The van der Waals surface area contributed by atoms with Gasteiger partial charge in [-0.05, 0) is 36.4 Å². The molecular formula is C15H13F2NO. The third kappa shape index (κ3) is 3.37. The number of hydrogen-bond donors (Lipinski definition) is 0. The van der Waals surface area contributed by atoms with E-state index in [0.29, 0.717) is 17.1 Å². The van der Waals surface area contributed by atoms with E-state index in [1.54, 1.807) is 24.3 Å². The van der Waals surface area contributed by atoms with Gasteiger partial charge in [-0.1, -0.05) is 18.2 Å². The Morgan fingerprint density at radius 2 is 1.53 bits per heavy atom. The van der Waals surface area contributed by atoms with Crippen molar-refractivity contribution in [3.8, 4) is 11.5 Å². The van der Waals surface area contributed by atoms with Gasteiger partial charge in [-0.3, -0.25) is 4.99 Å². The molecule has 0 atom stereocenters. The Balaban J connectivity index is 2.15. The van der Waals surface area contributed by atoms with E-state index in [0.717, 1.165) is 0 Å². The number of nitrogens with zero attached hydrogens (tertiary/aromatic N) is 1. The summed E-state index contributed by atoms with van der Waals surface area (Å²) in [5.74, 6) is 1.30. The summed E-state index contributed by atoms with van der Waals surface area (Å²) in [7, 11) is 1.36. The minimum Gasteiger partial charge on any atom is -0.457 e. The van der Waals surface area contributed by atoms with Crippen molar-refractivity contribution in [3.05, 3.63) is 60.2 Å². The minimum atomic E-state index is -2.58. The van der Waals surface area contributed by atoms with Gasteiger partial charge >= 0.3 is 0 Å². The van der Waals surface area contributed by atoms with Crippen LogP contribution in [0.15, 0.2) is 59.6 Å². The van der Waals surface area contributed by atoms with Crippen LogP contribution in [0.5, 0.6) is 11.5 Å². The van der Waals surface area contributed by atoms with Crippen molar-refractivity contribution in [3.63, 3.8) is 0 Å². The SMILES string of the molecule is CN=C(c1ccc(Oc2ccccc2)cc1)C(F)F. The van der Waals surface area contributed by atoms with Crippen molar-refractivity contribution in [2.75, 3.05) is 7.05 Å². The van der Waals surface area contributed by atoms with Gasteiger partial charge in [-0.25, -0.2) is 8.78 Å². The fourth-order valence-corrected chi connectivity index (χ4v) is 1.67. The summed E-state index contributed by atoms with van der Waals surface area (Å²) in [4.78, 5) is 3.60. The van der Waals surface area contributed by atoms with E-state index in [1.807, 2.05) is 30.3 Å². The molecule has 0 aliphatic heterocycles. The zero-order valence-electron chi connectivity index (χ0n) is 10.4. The molecule has 0 unspecified atom stereocenters. The second kappa shape index (κ2) is 6.09. The van der Waals surface area contributed by atoms with Crippen LogP contribution >= 0.6 is 0 Å². The fourth-order valence-electron chi connectivity index (χ4n) is 1.67. The van der Waals surface area contributed by atoms with Gasteiger partial charge in [0, 0.05) is 12.6 Å². The zero-order valence-corrected chi connectivity index (χ0v) is 10.4. The maximum Gasteiger partial charge on any atom is 0.280 e. The van der Waals surface area contributed by atoms with Crippen LogP contribution < -0.4 is 4.74 Å². The lowest BCUT2D eigenvalue weighted by Crippen LogP contribution is -2.11. The molecule has 98 valence electrons. The van der Waals surface area contributed by atoms with Crippen LogP contribution in [0, 0.1) is 0 Å². The molecule has 2 aromatic rings. The van der Waals surface area contributed by atoms with Gasteiger partial charge in [0.2, 0.25) is 0 Å². The summed E-state index contributed by atoms with van der Waals surface area (Å²) in [5, 5.41) is 0. The van der Waals surface area contributed by atoms with Crippen molar-refractivity contribution < 1.29 is 13.5 Å². The number of benzene rings is 2. The third-order valence-corrected chi connectivity index (χ3v) is 2.58. The number of ether oxygens (including phenoxy) is 1. The number of halogens is 2. The van der Waals surface area contributed by atoms with Crippen LogP contribution in [-0.4, -0.2) is 19.2 Å². The van der Waals surface area contributed by atoms with Crippen LogP contribution in [0.2, 0.25) is 0 Å². The van der Waals surface area contributed by atoms with Gasteiger partial charge in [-0.15, -0.1) is 0 Å². The molecule has 0 aromatic heterocycles. The van der Waals surface area contributed by atoms with Crippen LogP contribution in [0.25, 0.3) is 0 Å². The van der Waals surface area contributed by atoms with Gasteiger partial charge < -0.3 is 4.74 Å². The molecule has 0 saturated heterocycles. The van der Waals surface area contributed by atoms with Crippen LogP contribution in [0.1, 0.15) is 5.56 Å². The van der Waals surface area contributed by atoms with Crippen molar-refractivity contribution in [1.82, 2.24) is 0 Å². The van der Waals surface area contributed by atoms with E-state index in [9.17, 15) is 8.78 Å². The second-order valence-corrected chi connectivity index (χ2v) is 3.85. The summed E-state index contributed by atoms with van der Waals surface area (Å²) in [6.07, 6.45) is -2.58. The maximum absolute atomic E-state index is 12.7. The van der Waals surface area contributed by atoms with Crippen molar-refractivity contribution in [2.45, 2.75) is 6.43 Å². The van der Waals surface area contributed by atoms with Crippen molar-refractivity contribution in [1.29, 1.82) is 0 Å². The van der Waals surface area contributed by atoms with Crippen LogP contribution in [0.3, 0.4) is 0 Å². The lowest BCUT2D eigenvalue weighted by atomic mass is 10.1. The summed E-state index contributed by atoms with van der Waals surface area (Å²) in [5.41, 5.74) is 0.184. The molecule has 0 saturated carbocycles. The quantitative estimate of drug-likeness (QED) is 0.757.